The van der Waals surface area contributed by atoms with Crippen LogP contribution in [0.5, 0.6) is 5.75 Å². The van der Waals surface area contributed by atoms with Crippen molar-refractivity contribution < 1.29 is 14.2 Å². The van der Waals surface area contributed by atoms with Crippen molar-refractivity contribution in [3.05, 3.63) is 53.3 Å². The Bertz CT molecular complexity index is 1410. The van der Waals surface area contributed by atoms with Gasteiger partial charge < -0.3 is 10.5 Å². The summed E-state index contributed by atoms with van der Waals surface area (Å²) in [6, 6.07) is 12.1. The molecule has 2 aromatic carbocycles. The van der Waals surface area contributed by atoms with Gasteiger partial charge in [0.15, 0.2) is 5.69 Å². The number of rotatable bonds is 7. The van der Waals surface area contributed by atoms with Gasteiger partial charge in [-0.05, 0) is 53.5 Å². The van der Waals surface area contributed by atoms with Gasteiger partial charge in [-0.1, -0.05) is 42.0 Å². The number of carbonyl (C=O) groups is 1. The van der Waals surface area contributed by atoms with Gasteiger partial charge in [0.05, 0.1) is 19.0 Å². The van der Waals surface area contributed by atoms with E-state index in [1.165, 1.54) is 11.1 Å². The van der Waals surface area contributed by atoms with Gasteiger partial charge >= 0.3 is 0 Å². The van der Waals surface area contributed by atoms with Crippen molar-refractivity contribution in [1.29, 1.82) is 0 Å². The van der Waals surface area contributed by atoms with E-state index in [1.807, 2.05) is 36.4 Å². The first-order valence-corrected chi connectivity index (χ1v) is 11.7. The average molecular weight is 490 g/mol. The normalized spacial score (nSPS) is 16.6. The maximum Gasteiger partial charge on any atom is 0.293 e. The highest BCUT2D eigenvalue weighted by atomic mass is 16.6. The molecule has 1 fully saturated rings. The molecule has 1 aliphatic heterocycles. The lowest BCUT2D eigenvalue weighted by atomic mass is 10.0. The molecule has 0 aliphatic carbocycles. The third kappa shape index (κ3) is 4.50. The number of nitrogens with two attached hydrogens (primary N) is 1. The molecular formula is C24H27N9O3. The van der Waals surface area contributed by atoms with Crippen molar-refractivity contribution in [2.24, 2.45) is 5.10 Å². The number of hydrogen-bond acceptors (Lipinski definition) is 10. The number of aromatic nitrogens is 5. The fraction of sp³-hybridized carbons (Fsp3) is 0.333. The van der Waals surface area contributed by atoms with Gasteiger partial charge in [0.2, 0.25) is 11.6 Å². The smallest absolute Gasteiger partial charge is 0.293 e. The van der Waals surface area contributed by atoms with Crippen LogP contribution in [-0.2, 0) is 6.54 Å². The summed E-state index contributed by atoms with van der Waals surface area (Å²) in [5.74, 6) is 0.379. The molecule has 1 amide bonds. The minimum atomic E-state index is -0.508. The molecule has 186 valence electrons. The van der Waals surface area contributed by atoms with E-state index in [2.05, 4.69) is 43.0 Å². The number of carbonyl (C=O) groups excluding carboxylic acids is 1. The topological polar surface area (TPSA) is 150 Å². The lowest BCUT2D eigenvalue weighted by molar-refractivity contribution is 0.0945. The second kappa shape index (κ2) is 10.1. The summed E-state index contributed by atoms with van der Waals surface area (Å²) in [7, 11) is 1.59. The SMILES string of the molecule is COc1ccc2ccccc2c1/C=N\NC(=O)c1nnn(-c2nonc2N)c1CN1CCCCC1C. The molecule has 1 unspecified atom stereocenters. The number of nitrogens with one attached hydrogen (secondary N) is 1. The second-order valence-corrected chi connectivity index (χ2v) is 8.69. The molecular weight excluding hydrogens is 462 g/mol. The Balaban J connectivity index is 1.44. The Morgan fingerprint density at radius 2 is 2.14 bits per heavy atom. The molecule has 12 heteroatoms. The molecule has 5 rings (SSSR count). The predicted octanol–water partition coefficient (Wildman–Crippen LogP) is 2.53. The van der Waals surface area contributed by atoms with Gasteiger partial charge in [0, 0.05) is 18.2 Å². The predicted molar refractivity (Wildman–Crippen MR) is 133 cm³/mol. The van der Waals surface area contributed by atoms with Crippen molar-refractivity contribution in [3.8, 4) is 11.6 Å². The summed E-state index contributed by atoms with van der Waals surface area (Å²) in [4.78, 5) is 15.5. The molecule has 0 radical (unpaired) electrons. The van der Waals surface area contributed by atoms with Crippen LogP contribution in [0.1, 0.15) is 47.9 Å². The van der Waals surface area contributed by atoms with E-state index in [9.17, 15) is 4.79 Å². The number of amides is 1. The fourth-order valence-electron chi connectivity index (χ4n) is 4.51. The van der Waals surface area contributed by atoms with Crippen LogP contribution in [0.3, 0.4) is 0 Å². The molecule has 0 spiro atoms. The number of benzene rings is 2. The Kier molecular flexibility index (Phi) is 6.58. The van der Waals surface area contributed by atoms with Crippen molar-refractivity contribution in [1.82, 2.24) is 35.6 Å². The number of nitrogen functional groups attached to an aromatic ring is 1. The Hall–Kier alpha value is -4.32. The fourth-order valence-corrected chi connectivity index (χ4v) is 4.51. The highest BCUT2D eigenvalue weighted by molar-refractivity contribution is 6.03. The van der Waals surface area contributed by atoms with E-state index in [4.69, 9.17) is 15.1 Å². The average Bonchev–Trinajstić information content (AvgIpc) is 3.51. The van der Waals surface area contributed by atoms with Crippen LogP contribution in [-0.4, -0.2) is 62.0 Å². The Labute approximate surface area is 207 Å². The first kappa shape index (κ1) is 23.4. The second-order valence-electron chi connectivity index (χ2n) is 8.69. The maximum atomic E-state index is 13.2. The third-order valence-electron chi connectivity index (χ3n) is 6.48. The minimum Gasteiger partial charge on any atom is -0.496 e. The number of anilines is 1. The number of hydrogen-bond donors (Lipinski definition) is 2. The first-order valence-electron chi connectivity index (χ1n) is 11.7. The van der Waals surface area contributed by atoms with Gasteiger partial charge in [-0.3, -0.25) is 9.69 Å². The van der Waals surface area contributed by atoms with E-state index in [0.29, 0.717) is 24.0 Å². The van der Waals surface area contributed by atoms with Gasteiger partial charge in [-0.2, -0.15) is 9.78 Å². The number of fused-ring (bicyclic) bond motifs is 1. The summed E-state index contributed by atoms with van der Waals surface area (Å²) < 4.78 is 11.6. The molecule has 1 atom stereocenters. The van der Waals surface area contributed by atoms with Crippen LogP contribution < -0.4 is 15.9 Å². The monoisotopic (exact) mass is 489 g/mol. The number of likely N-dealkylation sites (tertiary alicyclic amines) is 1. The van der Waals surface area contributed by atoms with Gasteiger partial charge in [0.1, 0.15) is 5.75 Å². The lowest BCUT2D eigenvalue weighted by Gasteiger charge is -2.33. The summed E-state index contributed by atoms with van der Waals surface area (Å²) in [5, 5.41) is 21.9. The Morgan fingerprint density at radius 1 is 1.28 bits per heavy atom. The quantitative estimate of drug-likeness (QED) is 0.295. The largest absolute Gasteiger partial charge is 0.496 e. The zero-order chi connectivity index (χ0) is 25.1. The van der Waals surface area contributed by atoms with Crippen LogP contribution in [0.4, 0.5) is 5.82 Å². The van der Waals surface area contributed by atoms with E-state index in [-0.39, 0.29) is 17.3 Å². The molecule has 3 N–H and O–H groups in total. The molecule has 1 saturated heterocycles. The number of nitrogens with zero attached hydrogens (tertiary/aromatic N) is 7. The van der Waals surface area contributed by atoms with E-state index < -0.39 is 5.91 Å². The maximum absolute atomic E-state index is 13.2. The molecule has 4 aromatic rings. The minimum absolute atomic E-state index is 0.0564. The first-order chi connectivity index (χ1) is 17.6. The third-order valence-corrected chi connectivity index (χ3v) is 6.48. The summed E-state index contributed by atoms with van der Waals surface area (Å²) in [6.45, 7) is 3.50. The van der Waals surface area contributed by atoms with Crippen molar-refractivity contribution in [2.75, 3.05) is 19.4 Å². The van der Waals surface area contributed by atoms with Gasteiger partial charge in [-0.25, -0.2) is 10.1 Å². The summed E-state index contributed by atoms with van der Waals surface area (Å²) in [6.07, 6.45) is 4.90. The van der Waals surface area contributed by atoms with Crippen LogP contribution in [0.25, 0.3) is 16.6 Å². The van der Waals surface area contributed by atoms with Crippen LogP contribution in [0.2, 0.25) is 0 Å². The van der Waals surface area contributed by atoms with Crippen molar-refractivity contribution >= 4 is 28.7 Å². The highest BCUT2D eigenvalue weighted by Gasteiger charge is 2.28. The van der Waals surface area contributed by atoms with Gasteiger partial charge in [-0.15, -0.1) is 5.10 Å². The van der Waals surface area contributed by atoms with E-state index >= 15 is 0 Å². The van der Waals surface area contributed by atoms with E-state index in [1.54, 1.807) is 13.3 Å². The van der Waals surface area contributed by atoms with Crippen molar-refractivity contribution in [3.63, 3.8) is 0 Å². The van der Waals surface area contributed by atoms with Gasteiger partial charge in [0.25, 0.3) is 5.91 Å². The molecule has 12 nitrogen and oxygen atoms in total. The van der Waals surface area contributed by atoms with Crippen LogP contribution in [0, 0.1) is 0 Å². The molecule has 2 aromatic heterocycles. The highest BCUT2D eigenvalue weighted by Crippen LogP contribution is 2.26. The zero-order valence-corrected chi connectivity index (χ0v) is 20.1. The number of hydrazone groups is 1. The molecule has 1 aliphatic rings. The Morgan fingerprint density at radius 3 is 2.92 bits per heavy atom. The molecule has 0 saturated carbocycles. The summed E-state index contributed by atoms with van der Waals surface area (Å²) >= 11 is 0. The van der Waals surface area contributed by atoms with Crippen LogP contribution in [0.15, 0.2) is 46.1 Å². The number of methoxy groups -OCH3 is 1. The standard InChI is InChI=1S/C24H27N9O3/c1-15-7-5-6-12-32(15)14-19-21(27-31-33(19)23-22(25)29-36-30-23)24(34)28-26-13-18-17-9-4-3-8-16(17)10-11-20(18)35-2/h3-4,8-11,13,15H,5-7,12,14H2,1-2H3,(H2,25,29)(H,28,34)/b26-13-. The molecule has 3 heterocycles. The van der Waals surface area contributed by atoms with E-state index in [0.717, 1.165) is 35.7 Å². The number of piperidine rings is 1. The van der Waals surface area contributed by atoms with Crippen LogP contribution >= 0.6 is 0 Å². The van der Waals surface area contributed by atoms with Crippen molar-refractivity contribution in [2.45, 2.75) is 38.8 Å². The molecule has 0 bridgehead atoms. The lowest BCUT2D eigenvalue weighted by Crippen LogP contribution is -2.38. The number of ether oxygens (including phenoxy) is 1. The zero-order valence-electron chi connectivity index (χ0n) is 20.1. The summed E-state index contributed by atoms with van der Waals surface area (Å²) in [5.41, 5.74) is 9.88. The molecule has 36 heavy (non-hydrogen) atoms.